The molecule has 1 atom stereocenters. The van der Waals surface area contributed by atoms with Gasteiger partial charge < -0.3 is 15.0 Å². The Morgan fingerprint density at radius 3 is 3.10 bits per heavy atom. The molecule has 0 spiro atoms. The van der Waals surface area contributed by atoms with Gasteiger partial charge in [0.15, 0.2) is 0 Å². The SMILES string of the molecule is O=C(CC1(O)CCCC1)NC[C@H]1CCn2ccnc2C1. The number of amides is 1. The fourth-order valence-corrected chi connectivity index (χ4v) is 3.42. The van der Waals surface area contributed by atoms with Crippen molar-refractivity contribution >= 4 is 5.91 Å². The van der Waals surface area contributed by atoms with Gasteiger partial charge in [-0.2, -0.15) is 0 Å². The maximum absolute atomic E-state index is 12.0. The summed E-state index contributed by atoms with van der Waals surface area (Å²) in [7, 11) is 0. The van der Waals surface area contributed by atoms with E-state index < -0.39 is 5.60 Å². The minimum atomic E-state index is -0.743. The van der Waals surface area contributed by atoms with Crippen LogP contribution >= 0.6 is 0 Å². The Bertz CT molecular complexity index is 477. The molecule has 5 heteroatoms. The van der Waals surface area contributed by atoms with Gasteiger partial charge in [0.2, 0.25) is 5.91 Å². The molecule has 0 saturated heterocycles. The first-order valence-corrected chi connectivity index (χ1v) is 7.64. The Kier molecular flexibility index (Phi) is 3.78. The number of aryl methyl sites for hydroxylation is 1. The minimum Gasteiger partial charge on any atom is -0.389 e. The van der Waals surface area contributed by atoms with Gasteiger partial charge in [-0.1, -0.05) is 12.8 Å². The maximum Gasteiger partial charge on any atom is 0.222 e. The van der Waals surface area contributed by atoms with Gasteiger partial charge in [-0.3, -0.25) is 4.79 Å². The number of aliphatic hydroxyl groups is 1. The van der Waals surface area contributed by atoms with E-state index in [4.69, 9.17) is 0 Å². The summed E-state index contributed by atoms with van der Waals surface area (Å²) in [4.78, 5) is 16.3. The summed E-state index contributed by atoms with van der Waals surface area (Å²) in [5.74, 6) is 1.57. The Morgan fingerprint density at radius 1 is 1.50 bits per heavy atom. The van der Waals surface area contributed by atoms with Gasteiger partial charge >= 0.3 is 0 Å². The van der Waals surface area contributed by atoms with Crippen LogP contribution in [0, 0.1) is 5.92 Å². The van der Waals surface area contributed by atoms with Crippen molar-refractivity contribution < 1.29 is 9.90 Å². The van der Waals surface area contributed by atoms with E-state index in [1.54, 1.807) is 0 Å². The van der Waals surface area contributed by atoms with E-state index in [0.717, 1.165) is 50.9 Å². The van der Waals surface area contributed by atoms with Crippen molar-refractivity contribution in [3.8, 4) is 0 Å². The molecule has 20 heavy (non-hydrogen) atoms. The van der Waals surface area contributed by atoms with Crippen molar-refractivity contribution in [2.45, 2.75) is 57.1 Å². The molecule has 1 saturated carbocycles. The van der Waals surface area contributed by atoms with E-state index in [0.29, 0.717) is 12.5 Å². The number of nitrogens with zero attached hydrogens (tertiary/aromatic N) is 2. The standard InChI is InChI=1S/C15H23N3O2/c19-14(10-15(20)4-1-2-5-15)17-11-12-3-7-18-8-6-16-13(18)9-12/h6,8,12,20H,1-5,7,9-11H2,(H,17,19)/t12-/m0/s1. The van der Waals surface area contributed by atoms with Crippen LogP contribution in [0.5, 0.6) is 0 Å². The highest BCUT2D eigenvalue weighted by molar-refractivity contribution is 5.77. The summed E-state index contributed by atoms with van der Waals surface area (Å²) < 4.78 is 2.18. The molecule has 2 heterocycles. The number of carbonyl (C=O) groups excluding carboxylic acids is 1. The van der Waals surface area contributed by atoms with Crippen molar-refractivity contribution in [1.82, 2.24) is 14.9 Å². The Hall–Kier alpha value is -1.36. The van der Waals surface area contributed by atoms with Crippen molar-refractivity contribution in [2.24, 2.45) is 5.92 Å². The molecule has 1 aliphatic heterocycles. The lowest BCUT2D eigenvalue weighted by Gasteiger charge is -2.25. The number of imidazole rings is 1. The van der Waals surface area contributed by atoms with E-state index in [-0.39, 0.29) is 12.3 Å². The van der Waals surface area contributed by atoms with Crippen LogP contribution in [0.1, 0.15) is 44.3 Å². The largest absolute Gasteiger partial charge is 0.389 e. The fourth-order valence-electron chi connectivity index (χ4n) is 3.42. The molecule has 1 aliphatic carbocycles. The first-order valence-electron chi connectivity index (χ1n) is 7.64. The lowest BCUT2D eigenvalue weighted by molar-refractivity contribution is -0.126. The summed E-state index contributed by atoms with van der Waals surface area (Å²) in [6.45, 7) is 1.68. The quantitative estimate of drug-likeness (QED) is 0.870. The van der Waals surface area contributed by atoms with Crippen LogP contribution in [0.2, 0.25) is 0 Å². The summed E-state index contributed by atoms with van der Waals surface area (Å²) in [6, 6.07) is 0. The molecule has 1 aromatic heterocycles. The normalized spacial score (nSPS) is 24.4. The third-order valence-corrected chi connectivity index (χ3v) is 4.66. The van der Waals surface area contributed by atoms with E-state index in [1.807, 2.05) is 12.4 Å². The molecule has 1 amide bonds. The minimum absolute atomic E-state index is 0.0108. The van der Waals surface area contributed by atoms with E-state index >= 15 is 0 Å². The maximum atomic E-state index is 12.0. The summed E-state index contributed by atoms with van der Waals surface area (Å²) in [5, 5.41) is 13.2. The number of rotatable bonds is 4. The molecule has 0 unspecified atom stereocenters. The number of aromatic nitrogens is 2. The van der Waals surface area contributed by atoms with Gasteiger partial charge in [-0.15, -0.1) is 0 Å². The zero-order valence-corrected chi connectivity index (χ0v) is 11.8. The predicted octanol–water partition coefficient (Wildman–Crippen LogP) is 1.26. The second kappa shape index (κ2) is 5.56. The molecule has 2 aliphatic rings. The predicted molar refractivity (Wildman–Crippen MR) is 75.1 cm³/mol. The third-order valence-electron chi connectivity index (χ3n) is 4.66. The highest BCUT2D eigenvalue weighted by Crippen LogP contribution is 2.32. The Labute approximate surface area is 119 Å². The van der Waals surface area contributed by atoms with Crippen molar-refractivity contribution in [3.05, 3.63) is 18.2 Å². The van der Waals surface area contributed by atoms with E-state index in [2.05, 4.69) is 14.9 Å². The highest BCUT2D eigenvalue weighted by Gasteiger charge is 2.33. The molecular weight excluding hydrogens is 254 g/mol. The molecule has 1 aromatic rings. The monoisotopic (exact) mass is 277 g/mol. The molecule has 0 bridgehead atoms. The second-order valence-corrected chi connectivity index (χ2v) is 6.31. The molecular formula is C15H23N3O2. The topological polar surface area (TPSA) is 67.2 Å². The van der Waals surface area contributed by atoms with Gasteiger partial charge in [-0.25, -0.2) is 4.98 Å². The molecule has 0 aromatic carbocycles. The van der Waals surface area contributed by atoms with Crippen molar-refractivity contribution in [3.63, 3.8) is 0 Å². The average Bonchev–Trinajstić information content (AvgIpc) is 3.04. The van der Waals surface area contributed by atoms with E-state index in [9.17, 15) is 9.90 Å². The van der Waals surface area contributed by atoms with Gasteiger partial charge in [0.25, 0.3) is 0 Å². The zero-order chi connectivity index (χ0) is 14.0. The lowest BCUT2D eigenvalue weighted by atomic mass is 9.96. The van der Waals surface area contributed by atoms with Crippen LogP contribution in [-0.4, -0.2) is 32.7 Å². The Balaban J connectivity index is 1.44. The van der Waals surface area contributed by atoms with Crippen LogP contribution in [0.15, 0.2) is 12.4 Å². The molecule has 110 valence electrons. The van der Waals surface area contributed by atoms with Crippen LogP contribution < -0.4 is 5.32 Å². The smallest absolute Gasteiger partial charge is 0.222 e. The molecule has 2 N–H and O–H groups in total. The van der Waals surface area contributed by atoms with Crippen LogP contribution in [0.3, 0.4) is 0 Å². The third kappa shape index (κ3) is 3.03. The van der Waals surface area contributed by atoms with Gasteiger partial charge in [0, 0.05) is 31.9 Å². The number of carbonyl (C=O) groups is 1. The molecule has 3 rings (SSSR count). The molecule has 5 nitrogen and oxygen atoms in total. The first-order chi connectivity index (χ1) is 9.65. The number of hydrogen-bond donors (Lipinski definition) is 2. The van der Waals surface area contributed by atoms with E-state index in [1.165, 1.54) is 0 Å². The summed E-state index contributed by atoms with van der Waals surface area (Å²) >= 11 is 0. The average molecular weight is 277 g/mol. The second-order valence-electron chi connectivity index (χ2n) is 6.31. The van der Waals surface area contributed by atoms with Crippen LogP contribution in [0.4, 0.5) is 0 Å². The molecule has 1 fully saturated rings. The van der Waals surface area contributed by atoms with Gasteiger partial charge in [0.1, 0.15) is 5.82 Å². The Morgan fingerprint density at radius 2 is 2.30 bits per heavy atom. The lowest BCUT2D eigenvalue weighted by Crippen LogP contribution is -2.38. The number of fused-ring (bicyclic) bond motifs is 1. The summed E-state index contributed by atoms with van der Waals surface area (Å²) in [6.07, 6.45) is 9.72. The highest BCUT2D eigenvalue weighted by atomic mass is 16.3. The van der Waals surface area contributed by atoms with Crippen LogP contribution in [0.25, 0.3) is 0 Å². The number of hydrogen-bond acceptors (Lipinski definition) is 3. The first kappa shape index (κ1) is 13.6. The summed E-state index contributed by atoms with van der Waals surface area (Å²) in [5.41, 5.74) is -0.743. The van der Waals surface area contributed by atoms with Crippen molar-refractivity contribution in [2.75, 3.05) is 6.54 Å². The van der Waals surface area contributed by atoms with Gasteiger partial charge in [0.05, 0.1) is 12.0 Å². The van der Waals surface area contributed by atoms with Crippen LogP contribution in [-0.2, 0) is 17.8 Å². The molecule has 0 radical (unpaired) electrons. The zero-order valence-electron chi connectivity index (χ0n) is 11.8. The van der Waals surface area contributed by atoms with Crippen molar-refractivity contribution in [1.29, 1.82) is 0 Å². The van der Waals surface area contributed by atoms with Gasteiger partial charge in [-0.05, 0) is 25.2 Å². The number of nitrogens with one attached hydrogen (secondary N) is 1. The fraction of sp³-hybridized carbons (Fsp3) is 0.733.